The number of hydrogen-bond donors (Lipinski definition) is 2. The van der Waals surface area contributed by atoms with Crippen LogP contribution < -0.4 is 10.6 Å². The van der Waals surface area contributed by atoms with Gasteiger partial charge in [0.05, 0.1) is 5.57 Å². The summed E-state index contributed by atoms with van der Waals surface area (Å²) in [5.74, 6) is 0.260. The molecule has 4 rings (SSSR count). The maximum atomic E-state index is 12.4. The van der Waals surface area contributed by atoms with Gasteiger partial charge in [0.2, 0.25) is 5.91 Å². The number of carbonyl (C=O) groups excluding carboxylic acids is 2. The Morgan fingerprint density at radius 3 is 2.83 bits per heavy atom. The second-order valence-electron chi connectivity index (χ2n) is 5.55. The minimum Gasteiger partial charge on any atom is -0.487 e. The van der Waals surface area contributed by atoms with Crippen molar-refractivity contribution in [1.29, 1.82) is 0 Å². The molecule has 2 amide bonds. The molecule has 5 heteroatoms. The number of hydrogen-bond acceptors (Lipinski definition) is 3. The van der Waals surface area contributed by atoms with Crippen molar-refractivity contribution in [2.75, 3.05) is 10.6 Å². The van der Waals surface area contributed by atoms with Crippen molar-refractivity contribution in [3.8, 4) is 0 Å². The molecular formula is C18H14N2O3. The van der Waals surface area contributed by atoms with Gasteiger partial charge in [0.15, 0.2) is 0 Å². The summed E-state index contributed by atoms with van der Waals surface area (Å²) in [6.07, 6.45) is 0. The van der Waals surface area contributed by atoms with Crippen molar-refractivity contribution in [2.45, 2.75) is 13.5 Å². The smallest absolute Gasteiger partial charge is 0.260 e. The Kier molecular flexibility index (Phi) is 2.94. The van der Waals surface area contributed by atoms with Crippen molar-refractivity contribution in [1.82, 2.24) is 0 Å². The van der Waals surface area contributed by atoms with Gasteiger partial charge in [-0.25, -0.2) is 0 Å². The molecule has 2 aromatic carbocycles. The molecule has 0 atom stereocenters. The molecule has 0 saturated carbocycles. The Hall–Kier alpha value is -3.08. The number of benzene rings is 2. The van der Waals surface area contributed by atoms with Crippen molar-refractivity contribution < 1.29 is 14.3 Å². The van der Waals surface area contributed by atoms with Gasteiger partial charge in [0.1, 0.15) is 12.4 Å². The molecule has 2 aliphatic heterocycles. The van der Waals surface area contributed by atoms with Crippen molar-refractivity contribution >= 4 is 34.5 Å². The zero-order valence-electron chi connectivity index (χ0n) is 12.5. The van der Waals surface area contributed by atoms with Crippen molar-refractivity contribution in [3.05, 3.63) is 59.2 Å². The highest BCUT2D eigenvalue weighted by Gasteiger charge is 2.32. The standard InChI is InChI=1S/C18H14N2O3/c1-10(21)19-12-7-6-11-9-23-17(14(11)8-12)16-13-4-2-3-5-15(13)20-18(16)22/h2-8H,9H2,1H3,(H,19,21)(H,20,22)/b17-16-. The van der Waals surface area contributed by atoms with E-state index in [2.05, 4.69) is 10.6 Å². The maximum Gasteiger partial charge on any atom is 0.260 e. The predicted octanol–water partition coefficient (Wildman–Crippen LogP) is 3.00. The van der Waals surface area contributed by atoms with E-state index >= 15 is 0 Å². The van der Waals surface area contributed by atoms with Crippen LogP contribution in [-0.4, -0.2) is 11.8 Å². The van der Waals surface area contributed by atoms with Gasteiger partial charge in [-0.3, -0.25) is 9.59 Å². The van der Waals surface area contributed by atoms with Crippen LogP contribution in [0.1, 0.15) is 23.6 Å². The average molecular weight is 306 g/mol. The Morgan fingerprint density at radius 1 is 1.17 bits per heavy atom. The number of ether oxygens (including phenoxy) is 1. The molecule has 0 aliphatic carbocycles. The van der Waals surface area contributed by atoms with Crippen LogP contribution in [0.3, 0.4) is 0 Å². The third-order valence-corrected chi connectivity index (χ3v) is 3.95. The Bertz CT molecular complexity index is 884. The molecule has 5 nitrogen and oxygen atoms in total. The third-order valence-electron chi connectivity index (χ3n) is 3.95. The first-order valence-electron chi connectivity index (χ1n) is 7.32. The summed E-state index contributed by atoms with van der Waals surface area (Å²) in [6.45, 7) is 1.88. The predicted molar refractivity (Wildman–Crippen MR) is 87.4 cm³/mol. The van der Waals surface area contributed by atoms with E-state index < -0.39 is 0 Å². The summed E-state index contributed by atoms with van der Waals surface area (Å²) in [5.41, 5.74) is 4.70. The van der Waals surface area contributed by atoms with Gasteiger partial charge >= 0.3 is 0 Å². The van der Waals surface area contributed by atoms with E-state index in [1.54, 1.807) is 0 Å². The Balaban J connectivity index is 1.87. The van der Waals surface area contributed by atoms with E-state index in [1.807, 2.05) is 42.5 Å². The summed E-state index contributed by atoms with van der Waals surface area (Å²) in [7, 11) is 0. The maximum absolute atomic E-state index is 12.4. The monoisotopic (exact) mass is 306 g/mol. The lowest BCUT2D eigenvalue weighted by Crippen LogP contribution is -2.07. The first-order valence-corrected chi connectivity index (χ1v) is 7.32. The van der Waals surface area contributed by atoms with Gasteiger partial charge < -0.3 is 15.4 Å². The first kappa shape index (κ1) is 13.6. The van der Waals surface area contributed by atoms with E-state index in [4.69, 9.17) is 4.74 Å². The number of fused-ring (bicyclic) bond motifs is 2. The van der Waals surface area contributed by atoms with E-state index in [-0.39, 0.29) is 11.8 Å². The second-order valence-corrected chi connectivity index (χ2v) is 5.55. The molecular weight excluding hydrogens is 292 g/mol. The SMILES string of the molecule is CC(=O)Nc1ccc2c(c1)/C(=C1/C(=O)Nc3ccccc31)OC2. The second kappa shape index (κ2) is 4.98. The van der Waals surface area contributed by atoms with E-state index in [1.165, 1.54) is 6.92 Å². The fraction of sp³-hybridized carbons (Fsp3) is 0.111. The Labute approximate surface area is 133 Å². The zero-order chi connectivity index (χ0) is 16.0. The van der Waals surface area contributed by atoms with Crippen LogP contribution in [0, 0.1) is 0 Å². The molecule has 0 unspecified atom stereocenters. The number of nitrogens with one attached hydrogen (secondary N) is 2. The number of para-hydroxylation sites is 1. The zero-order valence-corrected chi connectivity index (χ0v) is 12.5. The number of anilines is 2. The molecule has 2 heterocycles. The molecule has 2 aliphatic rings. The quantitative estimate of drug-likeness (QED) is 0.796. The van der Waals surface area contributed by atoms with E-state index in [0.29, 0.717) is 23.6 Å². The molecule has 0 spiro atoms. The van der Waals surface area contributed by atoms with E-state index in [9.17, 15) is 9.59 Å². The van der Waals surface area contributed by atoms with Crippen LogP contribution in [-0.2, 0) is 20.9 Å². The molecule has 0 bridgehead atoms. The normalized spacial score (nSPS) is 18.0. The lowest BCUT2D eigenvalue weighted by Gasteiger charge is -2.07. The minimum atomic E-state index is -0.168. The van der Waals surface area contributed by atoms with Crippen LogP contribution >= 0.6 is 0 Å². The number of amides is 2. The average Bonchev–Trinajstić information content (AvgIpc) is 3.06. The third kappa shape index (κ3) is 2.17. The molecule has 2 aromatic rings. The highest BCUT2D eigenvalue weighted by molar-refractivity contribution is 6.36. The van der Waals surface area contributed by atoms with Crippen LogP contribution in [0.4, 0.5) is 11.4 Å². The molecule has 0 radical (unpaired) electrons. The van der Waals surface area contributed by atoms with Gasteiger partial charge in [-0.2, -0.15) is 0 Å². The van der Waals surface area contributed by atoms with Crippen molar-refractivity contribution in [3.63, 3.8) is 0 Å². The van der Waals surface area contributed by atoms with Gasteiger partial charge in [0, 0.05) is 35.0 Å². The highest BCUT2D eigenvalue weighted by Crippen LogP contribution is 2.42. The first-order chi connectivity index (χ1) is 11.1. The van der Waals surface area contributed by atoms with Crippen LogP contribution in [0.5, 0.6) is 0 Å². The topological polar surface area (TPSA) is 67.4 Å². The summed E-state index contributed by atoms with van der Waals surface area (Å²) in [6, 6.07) is 13.1. The molecule has 0 saturated heterocycles. The largest absolute Gasteiger partial charge is 0.487 e. The van der Waals surface area contributed by atoms with Gasteiger partial charge in [-0.15, -0.1) is 0 Å². The van der Waals surface area contributed by atoms with E-state index in [0.717, 1.165) is 22.4 Å². The molecule has 114 valence electrons. The number of rotatable bonds is 1. The van der Waals surface area contributed by atoms with Gasteiger partial charge in [-0.05, 0) is 18.2 Å². The molecule has 23 heavy (non-hydrogen) atoms. The van der Waals surface area contributed by atoms with Crippen molar-refractivity contribution in [2.24, 2.45) is 0 Å². The summed E-state index contributed by atoms with van der Waals surface area (Å²) in [5, 5.41) is 5.61. The fourth-order valence-electron chi connectivity index (χ4n) is 2.97. The van der Waals surface area contributed by atoms with Crippen LogP contribution in [0.15, 0.2) is 42.5 Å². The van der Waals surface area contributed by atoms with Gasteiger partial charge in [-0.1, -0.05) is 24.3 Å². The summed E-state index contributed by atoms with van der Waals surface area (Å²) < 4.78 is 5.80. The Morgan fingerprint density at radius 2 is 2.00 bits per heavy atom. The summed E-state index contributed by atoms with van der Waals surface area (Å²) >= 11 is 0. The fourth-order valence-corrected chi connectivity index (χ4v) is 2.97. The highest BCUT2D eigenvalue weighted by atomic mass is 16.5. The lowest BCUT2D eigenvalue weighted by molar-refractivity contribution is -0.114. The van der Waals surface area contributed by atoms with Crippen LogP contribution in [0.25, 0.3) is 11.3 Å². The lowest BCUT2D eigenvalue weighted by atomic mass is 10.00. The molecule has 2 N–H and O–H groups in total. The summed E-state index contributed by atoms with van der Waals surface area (Å²) in [4.78, 5) is 23.6. The minimum absolute atomic E-state index is 0.137. The van der Waals surface area contributed by atoms with Gasteiger partial charge in [0.25, 0.3) is 5.91 Å². The number of carbonyl (C=O) groups is 2. The molecule has 0 fully saturated rings. The van der Waals surface area contributed by atoms with Crippen LogP contribution in [0.2, 0.25) is 0 Å². The molecule has 0 aromatic heterocycles.